The first-order chi connectivity index (χ1) is 8.58. The maximum Gasteiger partial charge on any atom is 0.270 e. The number of anilines is 1. The van der Waals surface area contributed by atoms with Crippen LogP contribution in [0.3, 0.4) is 0 Å². The number of carbonyl (C=O) groups excluding carboxylic acids is 1. The lowest BCUT2D eigenvalue weighted by atomic mass is 10.1. The van der Waals surface area contributed by atoms with E-state index in [4.69, 9.17) is 0 Å². The number of carbonyl (C=O) groups is 1. The molecule has 1 aliphatic rings. The van der Waals surface area contributed by atoms with Crippen molar-refractivity contribution >= 4 is 33.2 Å². The largest absolute Gasteiger partial charge is 0.325 e. The van der Waals surface area contributed by atoms with Crippen molar-refractivity contribution in [2.45, 2.75) is 6.42 Å². The molecule has 0 aliphatic carbocycles. The van der Waals surface area contributed by atoms with E-state index >= 15 is 0 Å². The SMILES string of the molecule is O=C(Nc1ccc([N+](=O)[O-])cc1Br)C1CCNC1. The van der Waals surface area contributed by atoms with Gasteiger partial charge in [-0.25, -0.2) is 0 Å². The number of non-ortho nitro benzene ring substituents is 1. The standard InChI is InChI=1S/C11H12BrN3O3/c12-9-5-8(15(17)18)1-2-10(9)14-11(16)7-3-4-13-6-7/h1-2,5,7,13H,3-4,6H2,(H,14,16). The smallest absolute Gasteiger partial charge is 0.270 e. The second kappa shape index (κ2) is 5.45. The van der Waals surface area contributed by atoms with Crippen LogP contribution in [0.15, 0.2) is 22.7 Å². The van der Waals surface area contributed by atoms with E-state index in [1.807, 2.05) is 0 Å². The highest BCUT2D eigenvalue weighted by Gasteiger charge is 2.23. The molecule has 96 valence electrons. The van der Waals surface area contributed by atoms with Crippen molar-refractivity contribution in [3.8, 4) is 0 Å². The summed E-state index contributed by atoms with van der Waals surface area (Å²) < 4.78 is 0.510. The number of hydrogen-bond acceptors (Lipinski definition) is 4. The molecular weight excluding hydrogens is 302 g/mol. The molecule has 1 heterocycles. The highest BCUT2D eigenvalue weighted by atomic mass is 79.9. The van der Waals surface area contributed by atoms with E-state index in [1.165, 1.54) is 18.2 Å². The van der Waals surface area contributed by atoms with Crippen LogP contribution in [0.1, 0.15) is 6.42 Å². The monoisotopic (exact) mass is 313 g/mol. The first kappa shape index (κ1) is 13.0. The molecule has 6 nitrogen and oxygen atoms in total. The average Bonchev–Trinajstić information content (AvgIpc) is 2.85. The maximum atomic E-state index is 11.9. The summed E-state index contributed by atoms with van der Waals surface area (Å²) in [5, 5.41) is 16.5. The number of nitrogens with zero attached hydrogens (tertiary/aromatic N) is 1. The Hall–Kier alpha value is -1.47. The number of hydrogen-bond donors (Lipinski definition) is 2. The normalized spacial score (nSPS) is 18.6. The van der Waals surface area contributed by atoms with Crippen LogP contribution in [0.2, 0.25) is 0 Å². The molecule has 1 fully saturated rings. The minimum Gasteiger partial charge on any atom is -0.325 e. The number of amides is 1. The van der Waals surface area contributed by atoms with Gasteiger partial charge in [-0.3, -0.25) is 14.9 Å². The van der Waals surface area contributed by atoms with Gasteiger partial charge in [0.15, 0.2) is 0 Å². The topological polar surface area (TPSA) is 84.3 Å². The van der Waals surface area contributed by atoms with Gasteiger partial charge < -0.3 is 10.6 Å². The zero-order chi connectivity index (χ0) is 13.1. The van der Waals surface area contributed by atoms with Gasteiger partial charge in [0.1, 0.15) is 0 Å². The molecule has 1 aromatic carbocycles. The number of nitrogens with one attached hydrogen (secondary N) is 2. The van der Waals surface area contributed by atoms with E-state index in [1.54, 1.807) is 0 Å². The van der Waals surface area contributed by atoms with Crippen LogP contribution in [0.4, 0.5) is 11.4 Å². The van der Waals surface area contributed by atoms with Gasteiger partial charge in [0.25, 0.3) is 5.69 Å². The van der Waals surface area contributed by atoms with Crippen molar-refractivity contribution in [1.82, 2.24) is 5.32 Å². The summed E-state index contributed by atoms with van der Waals surface area (Å²) in [5.41, 5.74) is 0.542. The molecule has 0 saturated carbocycles. The Balaban J connectivity index is 2.09. The molecule has 7 heteroatoms. The summed E-state index contributed by atoms with van der Waals surface area (Å²) in [6.07, 6.45) is 0.816. The molecule has 2 rings (SSSR count). The minimum atomic E-state index is -0.475. The van der Waals surface area contributed by atoms with Gasteiger partial charge in [-0.05, 0) is 35.0 Å². The van der Waals surface area contributed by atoms with Crippen molar-refractivity contribution in [3.63, 3.8) is 0 Å². The Bertz CT molecular complexity index is 486. The fourth-order valence-electron chi connectivity index (χ4n) is 1.83. The second-order valence-electron chi connectivity index (χ2n) is 4.10. The van der Waals surface area contributed by atoms with Crippen LogP contribution < -0.4 is 10.6 Å². The van der Waals surface area contributed by atoms with Gasteiger partial charge in [0.05, 0.1) is 16.5 Å². The lowest BCUT2D eigenvalue weighted by Crippen LogP contribution is -2.24. The van der Waals surface area contributed by atoms with Crippen molar-refractivity contribution in [2.75, 3.05) is 18.4 Å². The van der Waals surface area contributed by atoms with Gasteiger partial charge in [0, 0.05) is 23.2 Å². The Morgan fingerprint density at radius 2 is 2.33 bits per heavy atom. The lowest BCUT2D eigenvalue weighted by molar-refractivity contribution is -0.384. The number of nitro benzene ring substituents is 1. The molecule has 1 atom stereocenters. The Labute approximate surface area is 112 Å². The van der Waals surface area contributed by atoms with Crippen molar-refractivity contribution in [2.24, 2.45) is 5.92 Å². The number of nitro groups is 1. The molecule has 1 aliphatic heterocycles. The highest BCUT2D eigenvalue weighted by Crippen LogP contribution is 2.27. The van der Waals surface area contributed by atoms with E-state index < -0.39 is 4.92 Å². The predicted molar refractivity (Wildman–Crippen MR) is 70.4 cm³/mol. The summed E-state index contributed by atoms with van der Waals surface area (Å²) in [4.78, 5) is 22.0. The van der Waals surface area contributed by atoms with Gasteiger partial charge in [-0.1, -0.05) is 0 Å². The van der Waals surface area contributed by atoms with E-state index in [-0.39, 0.29) is 17.5 Å². The zero-order valence-electron chi connectivity index (χ0n) is 9.48. The molecule has 0 aromatic heterocycles. The average molecular weight is 314 g/mol. The van der Waals surface area contributed by atoms with Gasteiger partial charge in [-0.2, -0.15) is 0 Å². The van der Waals surface area contributed by atoms with E-state index in [9.17, 15) is 14.9 Å². The lowest BCUT2D eigenvalue weighted by Gasteiger charge is -2.11. The third-order valence-electron chi connectivity index (χ3n) is 2.85. The highest BCUT2D eigenvalue weighted by molar-refractivity contribution is 9.10. The fraction of sp³-hybridized carbons (Fsp3) is 0.364. The van der Waals surface area contributed by atoms with E-state index in [0.29, 0.717) is 16.7 Å². The van der Waals surface area contributed by atoms with Crippen molar-refractivity contribution < 1.29 is 9.72 Å². The molecule has 0 spiro atoms. The fourth-order valence-corrected chi connectivity index (χ4v) is 2.30. The van der Waals surface area contributed by atoms with Crippen molar-refractivity contribution in [3.05, 3.63) is 32.8 Å². The van der Waals surface area contributed by atoms with Crippen LogP contribution in [0, 0.1) is 16.0 Å². The molecule has 2 N–H and O–H groups in total. The number of halogens is 1. The van der Waals surface area contributed by atoms with Crippen LogP contribution in [-0.2, 0) is 4.79 Å². The Morgan fingerprint density at radius 3 is 2.89 bits per heavy atom. The molecule has 18 heavy (non-hydrogen) atoms. The summed E-state index contributed by atoms with van der Waals surface area (Å²) in [7, 11) is 0. The quantitative estimate of drug-likeness (QED) is 0.659. The molecule has 1 saturated heterocycles. The van der Waals surface area contributed by atoms with Crippen LogP contribution in [-0.4, -0.2) is 23.9 Å². The molecule has 0 radical (unpaired) electrons. The first-order valence-corrected chi connectivity index (χ1v) is 6.33. The van der Waals surface area contributed by atoms with Crippen molar-refractivity contribution in [1.29, 1.82) is 0 Å². The van der Waals surface area contributed by atoms with Gasteiger partial charge >= 0.3 is 0 Å². The summed E-state index contributed by atoms with van der Waals surface area (Å²) in [6.45, 7) is 1.52. The second-order valence-corrected chi connectivity index (χ2v) is 4.95. The van der Waals surface area contributed by atoms with Crippen LogP contribution in [0.25, 0.3) is 0 Å². The van der Waals surface area contributed by atoms with E-state index in [2.05, 4.69) is 26.6 Å². The summed E-state index contributed by atoms with van der Waals surface area (Å²) >= 11 is 3.22. The van der Waals surface area contributed by atoms with Gasteiger partial charge in [0.2, 0.25) is 5.91 Å². The third kappa shape index (κ3) is 2.85. The van der Waals surface area contributed by atoms with Gasteiger partial charge in [-0.15, -0.1) is 0 Å². The van der Waals surface area contributed by atoms with Crippen LogP contribution >= 0.6 is 15.9 Å². The Morgan fingerprint density at radius 1 is 1.56 bits per heavy atom. The molecule has 1 aromatic rings. The van der Waals surface area contributed by atoms with Crippen LogP contribution in [0.5, 0.6) is 0 Å². The van der Waals surface area contributed by atoms with E-state index in [0.717, 1.165) is 13.0 Å². The maximum absolute atomic E-state index is 11.9. The number of benzene rings is 1. The molecule has 1 unspecified atom stereocenters. The molecule has 1 amide bonds. The third-order valence-corrected chi connectivity index (χ3v) is 3.51. The Kier molecular flexibility index (Phi) is 3.93. The predicted octanol–water partition coefficient (Wildman–Crippen LogP) is 1.91. The molecule has 0 bridgehead atoms. The molecular formula is C11H12BrN3O3. The summed E-state index contributed by atoms with van der Waals surface area (Å²) in [5.74, 6) is -0.0957. The summed E-state index contributed by atoms with van der Waals surface area (Å²) in [6, 6.07) is 4.28. The minimum absolute atomic E-state index is 0.0117. The first-order valence-electron chi connectivity index (χ1n) is 5.53. The number of rotatable bonds is 3. The zero-order valence-corrected chi connectivity index (χ0v) is 11.1.